The number of thioether (sulfide) groups is 1. The Labute approximate surface area is 132 Å². The molecule has 0 spiro atoms. The number of amides is 1. The molecule has 2 aromatic rings. The van der Waals surface area contributed by atoms with Crippen LogP contribution in [0.4, 0.5) is 0 Å². The number of hydrogen-bond donors (Lipinski definition) is 2. The number of carbonyl (C=O) groups is 1. The zero-order chi connectivity index (χ0) is 14.9. The van der Waals surface area contributed by atoms with Crippen LogP contribution in [0, 0.1) is 11.8 Å². The quantitative estimate of drug-likeness (QED) is 0.658. The molecular weight excluding hydrogens is 302 g/mol. The van der Waals surface area contributed by atoms with Crippen LogP contribution in [0.25, 0.3) is 0 Å². The SMILES string of the molecule is O=C(CSc1ccccc1)NCc1sccc1C#CCO. The summed E-state index contributed by atoms with van der Waals surface area (Å²) in [6.45, 7) is 0.316. The summed E-state index contributed by atoms with van der Waals surface area (Å²) >= 11 is 3.06. The van der Waals surface area contributed by atoms with Crippen LogP contribution in [0.5, 0.6) is 0 Å². The van der Waals surface area contributed by atoms with E-state index in [1.54, 1.807) is 11.3 Å². The summed E-state index contributed by atoms with van der Waals surface area (Å²) in [5, 5.41) is 13.5. The van der Waals surface area contributed by atoms with Crippen LogP contribution in [0.3, 0.4) is 0 Å². The molecule has 1 heterocycles. The van der Waals surface area contributed by atoms with Crippen molar-refractivity contribution in [2.45, 2.75) is 11.4 Å². The summed E-state index contributed by atoms with van der Waals surface area (Å²) in [5.74, 6) is 5.89. The van der Waals surface area contributed by atoms with Crippen molar-refractivity contribution in [3.8, 4) is 11.8 Å². The number of nitrogens with one attached hydrogen (secondary N) is 1. The van der Waals surface area contributed by atoms with Crippen molar-refractivity contribution >= 4 is 29.0 Å². The molecule has 0 unspecified atom stereocenters. The van der Waals surface area contributed by atoms with E-state index in [1.165, 1.54) is 11.8 Å². The summed E-state index contributed by atoms with van der Waals surface area (Å²) in [7, 11) is 0. The van der Waals surface area contributed by atoms with Crippen molar-refractivity contribution in [2.24, 2.45) is 0 Å². The van der Waals surface area contributed by atoms with Crippen LogP contribution in [0.2, 0.25) is 0 Å². The molecule has 1 aromatic heterocycles. The maximum atomic E-state index is 11.8. The van der Waals surface area contributed by atoms with Crippen molar-refractivity contribution in [2.75, 3.05) is 12.4 Å². The lowest BCUT2D eigenvalue weighted by Crippen LogP contribution is -2.24. The number of carbonyl (C=O) groups excluding carboxylic acids is 1. The maximum absolute atomic E-state index is 11.8. The van der Waals surface area contributed by atoms with Gasteiger partial charge in [-0.3, -0.25) is 4.79 Å². The molecule has 0 radical (unpaired) electrons. The zero-order valence-electron chi connectivity index (χ0n) is 11.3. The summed E-state index contributed by atoms with van der Waals surface area (Å²) in [5.41, 5.74) is 0.866. The fourth-order valence-electron chi connectivity index (χ4n) is 1.62. The van der Waals surface area contributed by atoms with E-state index in [2.05, 4.69) is 17.2 Å². The van der Waals surface area contributed by atoms with Gasteiger partial charge in [0.1, 0.15) is 6.61 Å². The van der Waals surface area contributed by atoms with E-state index in [9.17, 15) is 4.79 Å². The molecule has 1 amide bonds. The Morgan fingerprint density at radius 3 is 2.86 bits per heavy atom. The van der Waals surface area contributed by atoms with Gasteiger partial charge in [0.25, 0.3) is 0 Å². The van der Waals surface area contributed by atoms with Gasteiger partial charge in [0.2, 0.25) is 5.91 Å². The van der Waals surface area contributed by atoms with Gasteiger partial charge < -0.3 is 10.4 Å². The number of hydrogen-bond acceptors (Lipinski definition) is 4. The lowest BCUT2D eigenvalue weighted by Gasteiger charge is -2.04. The molecule has 5 heteroatoms. The van der Waals surface area contributed by atoms with Crippen LogP contribution in [0.1, 0.15) is 10.4 Å². The van der Waals surface area contributed by atoms with E-state index in [1.807, 2.05) is 41.8 Å². The third kappa shape index (κ3) is 5.27. The fourth-order valence-corrected chi connectivity index (χ4v) is 3.14. The van der Waals surface area contributed by atoms with Crippen molar-refractivity contribution in [3.05, 3.63) is 52.2 Å². The van der Waals surface area contributed by atoms with E-state index >= 15 is 0 Å². The Hall–Kier alpha value is -1.74. The Morgan fingerprint density at radius 2 is 2.10 bits per heavy atom. The number of thiophene rings is 1. The van der Waals surface area contributed by atoms with Gasteiger partial charge in [-0.1, -0.05) is 30.0 Å². The molecular formula is C16H15NO2S2. The molecule has 2 N–H and O–H groups in total. The van der Waals surface area contributed by atoms with E-state index in [-0.39, 0.29) is 12.5 Å². The molecule has 0 bridgehead atoms. The Bertz CT molecular complexity index is 641. The van der Waals surface area contributed by atoms with Gasteiger partial charge in [-0.2, -0.15) is 0 Å². The molecule has 108 valence electrons. The van der Waals surface area contributed by atoms with Gasteiger partial charge >= 0.3 is 0 Å². The van der Waals surface area contributed by atoms with E-state index < -0.39 is 0 Å². The van der Waals surface area contributed by atoms with Gasteiger partial charge in [0, 0.05) is 15.3 Å². The minimum atomic E-state index is -0.157. The second kappa shape index (κ2) is 8.53. The first-order chi connectivity index (χ1) is 10.3. The second-order valence-electron chi connectivity index (χ2n) is 4.10. The predicted octanol–water partition coefficient (Wildman–Crippen LogP) is 2.50. The first-order valence-corrected chi connectivity index (χ1v) is 8.27. The molecule has 3 nitrogen and oxygen atoms in total. The van der Waals surface area contributed by atoms with Crippen molar-refractivity contribution in [1.29, 1.82) is 0 Å². The largest absolute Gasteiger partial charge is 0.384 e. The molecule has 1 aromatic carbocycles. The smallest absolute Gasteiger partial charge is 0.230 e. The van der Waals surface area contributed by atoms with Gasteiger partial charge in [0.15, 0.2) is 0 Å². The van der Waals surface area contributed by atoms with Gasteiger partial charge in [-0.05, 0) is 23.6 Å². The van der Waals surface area contributed by atoms with Crippen molar-refractivity contribution in [3.63, 3.8) is 0 Å². The standard InChI is InChI=1S/C16H15NO2S2/c18-9-4-5-13-8-10-20-15(13)11-17-16(19)12-21-14-6-2-1-3-7-14/h1-3,6-8,10,18H,9,11-12H2,(H,17,19). The van der Waals surface area contributed by atoms with E-state index in [0.29, 0.717) is 12.3 Å². The van der Waals surface area contributed by atoms with Crippen molar-refractivity contribution < 1.29 is 9.90 Å². The zero-order valence-corrected chi connectivity index (χ0v) is 13.0. The van der Waals surface area contributed by atoms with Crippen LogP contribution < -0.4 is 5.32 Å². The Morgan fingerprint density at radius 1 is 1.29 bits per heavy atom. The Balaban J connectivity index is 1.80. The van der Waals surface area contributed by atoms with Crippen LogP contribution >= 0.6 is 23.1 Å². The minimum Gasteiger partial charge on any atom is -0.384 e. The minimum absolute atomic E-state index is 0.00156. The van der Waals surface area contributed by atoms with Crippen LogP contribution in [-0.4, -0.2) is 23.4 Å². The summed E-state index contributed by atoms with van der Waals surface area (Å²) in [6.07, 6.45) is 0. The predicted molar refractivity (Wildman–Crippen MR) is 87.3 cm³/mol. The normalized spacial score (nSPS) is 9.76. The number of aliphatic hydroxyl groups excluding tert-OH is 1. The van der Waals surface area contributed by atoms with Gasteiger partial charge in [-0.15, -0.1) is 23.1 Å². The molecule has 21 heavy (non-hydrogen) atoms. The molecule has 0 saturated heterocycles. The monoisotopic (exact) mass is 317 g/mol. The lowest BCUT2D eigenvalue weighted by atomic mass is 10.2. The van der Waals surface area contributed by atoms with E-state index in [4.69, 9.17) is 5.11 Å². The molecule has 0 atom stereocenters. The van der Waals surface area contributed by atoms with E-state index in [0.717, 1.165) is 15.3 Å². The van der Waals surface area contributed by atoms with Crippen LogP contribution in [0.15, 0.2) is 46.7 Å². The molecule has 0 aliphatic heterocycles. The first-order valence-electron chi connectivity index (χ1n) is 6.40. The molecule has 2 rings (SSSR count). The average Bonchev–Trinajstić information content (AvgIpc) is 2.97. The van der Waals surface area contributed by atoms with Crippen molar-refractivity contribution in [1.82, 2.24) is 5.32 Å². The topological polar surface area (TPSA) is 49.3 Å². The molecule has 0 aliphatic rings. The Kier molecular flexibility index (Phi) is 6.35. The molecule has 0 aliphatic carbocycles. The third-order valence-electron chi connectivity index (χ3n) is 2.61. The van der Waals surface area contributed by atoms with Crippen LogP contribution in [-0.2, 0) is 11.3 Å². The first kappa shape index (κ1) is 15.6. The highest BCUT2D eigenvalue weighted by Gasteiger charge is 2.06. The van der Waals surface area contributed by atoms with Gasteiger partial charge in [-0.25, -0.2) is 0 Å². The number of aliphatic hydroxyl groups is 1. The fraction of sp³-hybridized carbons (Fsp3) is 0.188. The average molecular weight is 317 g/mol. The summed E-state index contributed by atoms with van der Waals surface area (Å²) in [4.78, 5) is 13.9. The molecule has 0 saturated carbocycles. The highest BCUT2D eigenvalue weighted by Crippen LogP contribution is 2.17. The van der Waals surface area contributed by atoms with Gasteiger partial charge in [0.05, 0.1) is 12.3 Å². The second-order valence-corrected chi connectivity index (χ2v) is 6.15. The highest BCUT2D eigenvalue weighted by atomic mass is 32.2. The number of rotatable bonds is 5. The number of benzene rings is 1. The highest BCUT2D eigenvalue weighted by molar-refractivity contribution is 8.00. The maximum Gasteiger partial charge on any atom is 0.230 e. The molecule has 0 fully saturated rings. The third-order valence-corrected chi connectivity index (χ3v) is 4.54. The lowest BCUT2D eigenvalue weighted by molar-refractivity contribution is -0.118. The summed E-state index contributed by atoms with van der Waals surface area (Å²) < 4.78 is 0. The summed E-state index contributed by atoms with van der Waals surface area (Å²) in [6, 6.07) is 11.7.